The van der Waals surface area contributed by atoms with Gasteiger partial charge < -0.3 is 4.84 Å². The molecule has 0 fully saturated rings. The van der Waals surface area contributed by atoms with Crippen LogP contribution in [0.15, 0.2) is 5.16 Å². The summed E-state index contributed by atoms with van der Waals surface area (Å²) in [5, 5.41) is 3.67. The van der Waals surface area contributed by atoms with Gasteiger partial charge in [0.15, 0.2) is 0 Å². The second-order valence-corrected chi connectivity index (χ2v) is 2.85. The van der Waals surface area contributed by atoms with Crippen molar-refractivity contribution in [2.75, 3.05) is 0 Å². The highest BCUT2D eigenvalue weighted by molar-refractivity contribution is 5.88. The Hall–Kier alpha value is -1.39. The van der Waals surface area contributed by atoms with E-state index in [0.717, 1.165) is 10.6 Å². The van der Waals surface area contributed by atoms with Gasteiger partial charge >= 0.3 is 0 Å². The third kappa shape index (κ3) is 2.05. The van der Waals surface area contributed by atoms with E-state index < -0.39 is 6.23 Å². The molecule has 0 aromatic carbocycles. The fourth-order valence-electron chi connectivity index (χ4n) is 1.10. The van der Waals surface area contributed by atoms with Gasteiger partial charge in [-0.2, -0.15) is 0 Å². The molecule has 1 aliphatic heterocycles. The molecule has 1 atom stereocenters. The first-order valence-corrected chi connectivity index (χ1v) is 4.14. The highest BCUT2D eigenvalue weighted by Gasteiger charge is 2.28. The number of hydrogen-bond acceptors (Lipinski definition) is 4. The molecular weight excluding hydrogens is 172 g/mol. The van der Waals surface area contributed by atoms with Crippen LogP contribution >= 0.6 is 0 Å². The first-order chi connectivity index (χ1) is 6.19. The van der Waals surface area contributed by atoms with Gasteiger partial charge in [-0.1, -0.05) is 12.1 Å². The molecule has 0 aromatic rings. The van der Waals surface area contributed by atoms with E-state index >= 15 is 0 Å². The molecule has 5 nitrogen and oxygen atoms in total. The molecule has 1 rings (SSSR count). The second kappa shape index (κ2) is 4.02. The van der Waals surface area contributed by atoms with Gasteiger partial charge in [0, 0.05) is 12.8 Å². The Morgan fingerprint density at radius 2 is 2.54 bits per heavy atom. The van der Waals surface area contributed by atoms with Gasteiger partial charge in [0.05, 0.1) is 5.71 Å². The van der Waals surface area contributed by atoms with Crippen molar-refractivity contribution in [2.45, 2.75) is 32.9 Å². The minimum atomic E-state index is -0.537. The third-order valence-corrected chi connectivity index (χ3v) is 1.81. The SMILES string of the molecule is CCC(=O)N(C=O)C1CC(C)=NO1. The van der Waals surface area contributed by atoms with Gasteiger partial charge in [-0.15, -0.1) is 0 Å². The van der Waals surface area contributed by atoms with E-state index in [2.05, 4.69) is 5.16 Å². The number of amides is 2. The maximum absolute atomic E-state index is 11.2. The fourth-order valence-corrected chi connectivity index (χ4v) is 1.10. The Labute approximate surface area is 76.3 Å². The lowest BCUT2D eigenvalue weighted by Crippen LogP contribution is -2.38. The Kier molecular flexibility index (Phi) is 3.00. The number of hydrogen-bond donors (Lipinski definition) is 0. The van der Waals surface area contributed by atoms with Crippen molar-refractivity contribution in [1.82, 2.24) is 4.90 Å². The van der Waals surface area contributed by atoms with Crippen LogP contribution in [0.25, 0.3) is 0 Å². The molecule has 0 bridgehead atoms. The predicted octanol–water partition coefficient (Wildman–Crippen LogP) is 0.504. The predicted molar refractivity (Wildman–Crippen MR) is 45.8 cm³/mol. The van der Waals surface area contributed by atoms with Crippen molar-refractivity contribution in [2.24, 2.45) is 5.16 Å². The summed E-state index contributed by atoms with van der Waals surface area (Å²) in [6, 6.07) is 0. The fraction of sp³-hybridized carbons (Fsp3) is 0.625. The number of carbonyl (C=O) groups excluding carboxylic acids is 2. The van der Waals surface area contributed by atoms with E-state index in [1.165, 1.54) is 0 Å². The van der Waals surface area contributed by atoms with Gasteiger partial charge in [0.2, 0.25) is 18.5 Å². The van der Waals surface area contributed by atoms with Gasteiger partial charge in [-0.05, 0) is 6.92 Å². The number of oxime groups is 1. The van der Waals surface area contributed by atoms with Crippen molar-refractivity contribution in [3.05, 3.63) is 0 Å². The highest BCUT2D eigenvalue weighted by Crippen LogP contribution is 2.14. The number of nitrogens with zero attached hydrogens (tertiary/aromatic N) is 2. The maximum Gasteiger partial charge on any atom is 0.231 e. The van der Waals surface area contributed by atoms with Gasteiger partial charge in [0.25, 0.3) is 0 Å². The zero-order chi connectivity index (χ0) is 9.84. The first-order valence-electron chi connectivity index (χ1n) is 4.14. The van der Waals surface area contributed by atoms with Gasteiger partial charge in [-0.3, -0.25) is 9.59 Å². The average Bonchev–Trinajstić information content (AvgIpc) is 2.53. The quantitative estimate of drug-likeness (QED) is 0.600. The van der Waals surface area contributed by atoms with Crippen molar-refractivity contribution in [3.63, 3.8) is 0 Å². The van der Waals surface area contributed by atoms with E-state index in [1.807, 2.05) is 0 Å². The molecule has 0 saturated carbocycles. The van der Waals surface area contributed by atoms with Crippen LogP contribution in [0.2, 0.25) is 0 Å². The summed E-state index contributed by atoms with van der Waals surface area (Å²) in [6.45, 7) is 3.49. The molecule has 0 saturated heterocycles. The minimum Gasteiger partial charge on any atom is -0.370 e. The topological polar surface area (TPSA) is 59.0 Å². The van der Waals surface area contributed by atoms with Crippen molar-refractivity contribution >= 4 is 18.0 Å². The lowest BCUT2D eigenvalue weighted by molar-refractivity contribution is -0.150. The Morgan fingerprint density at radius 1 is 1.85 bits per heavy atom. The van der Waals surface area contributed by atoms with Crippen LogP contribution in [0.1, 0.15) is 26.7 Å². The van der Waals surface area contributed by atoms with Crippen LogP contribution in [0, 0.1) is 0 Å². The van der Waals surface area contributed by atoms with Crippen molar-refractivity contribution in [1.29, 1.82) is 0 Å². The number of carbonyl (C=O) groups is 2. The highest BCUT2D eigenvalue weighted by atomic mass is 16.7. The zero-order valence-electron chi connectivity index (χ0n) is 7.69. The summed E-state index contributed by atoms with van der Waals surface area (Å²) < 4.78 is 0. The molecule has 1 unspecified atom stereocenters. The Balaban J connectivity index is 2.59. The monoisotopic (exact) mass is 184 g/mol. The van der Waals surface area contributed by atoms with E-state index in [0.29, 0.717) is 12.8 Å². The Morgan fingerprint density at radius 3 is 2.92 bits per heavy atom. The Bertz CT molecular complexity index is 250. The molecule has 0 aliphatic carbocycles. The molecule has 0 spiro atoms. The molecule has 72 valence electrons. The van der Waals surface area contributed by atoms with Crippen molar-refractivity contribution in [3.8, 4) is 0 Å². The van der Waals surface area contributed by atoms with E-state index in [4.69, 9.17) is 4.84 Å². The van der Waals surface area contributed by atoms with Crippen LogP contribution in [0.4, 0.5) is 0 Å². The standard InChI is InChI=1S/C8H12N2O3/c1-3-7(12)10(5-11)8-4-6(2)9-13-8/h5,8H,3-4H2,1-2H3. The number of rotatable bonds is 3. The summed E-state index contributed by atoms with van der Waals surface area (Å²) in [4.78, 5) is 27.7. The minimum absolute atomic E-state index is 0.245. The van der Waals surface area contributed by atoms with Crippen LogP contribution in [0.3, 0.4) is 0 Å². The summed E-state index contributed by atoms with van der Waals surface area (Å²) in [6.07, 6.45) is 0.747. The molecule has 0 aromatic heterocycles. The van der Waals surface area contributed by atoms with Gasteiger partial charge in [-0.25, -0.2) is 4.90 Å². The van der Waals surface area contributed by atoms with Crippen LogP contribution in [-0.2, 0) is 14.4 Å². The van der Waals surface area contributed by atoms with E-state index in [-0.39, 0.29) is 12.3 Å². The first kappa shape index (κ1) is 9.70. The van der Waals surface area contributed by atoms with E-state index in [1.54, 1.807) is 13.8 Å². The molecule has 13 heavy (non-hydrogen) atoms. The second-order valence-electron chi connectivity index (χ2n) is 2.85. The molecule has 1 heterocycles. The third-order valence-electron chi connectivity index (χ3n) is 1.81. The largest absolute Gasteiger partial charge is 0.370 e. The van der Waals surface area contributed by atoms with E-state index in [9.17, 15) is 9.59 Å². The maximum atomic E-state index is 11.2. The molecule has 0 N–H and O–H groups in total. The average molecular weight is 184 g/mol. The summed E-state index contributed by atoms with van der Waals surface area (Å²) in [5.74, 6) is -0.245. The van der Waals surface area contributed by atoms with Crippen molar-refractivity contribution < 1.29 is 14.4 Å². The lowest BCUT2D eigenvalue weighted by atomic mass is 10.2. The normalized spacial score (nSPS) is 20.5. The summed E-state index contributed by atoms with van der Waals surface area (Å²) >= 11 is 0. The van der Waals surface area contributed by atoms with Gasteiger partial charge in [0.1, 0.15) is 0 Å². The molecule has 5 heteroatoms. The van der Waals surface area contributed by atoms with Crippen LogP contribution < -0.4 is 0 Å². The number of imide groups is 1. The summed E-state index contributed by atoms with van der Waals surface area (Å²) in [7, 11) is 0. The van der Waals surface area contributed by atoms with Crippen LogP contribution in [-0.4, -0.2) is 29.2 Å². The molecule has 2 amide bonds. The molecule has 0 radical (unpaired) electrons. The summed E-state index contributed by atoms with van der Waals surface area (Å²) in [5.41, 5.74) is 0.792. The lowest BCUT2D eigenvalue weighted by Gasteiger charge is -2.19. The molecule has 1 aliphatic rings. The zero-order valence-corrected chi connectivity index (χ0v) is 7.69. The smallest absolute Gasteiger partial charge is 0.231 e. The molecular formula is C8H12N2O3. The van der Waals surface area contributed by atoms with Crippen LogP contribution in [0.5, 0.6) is 0 Å².